The summed E-state index contributed by atoms with van der Waals surface area (Å²) in [5.41, 5.74) is 5.89. The Morgan fingerprint density at radius 1 is 1.41 bits per heavy atom. The molecular weight excluding hydrogens is 290 g/mol. The highest BCUT2D eigenvalue weighted by molar-refractivity contribution is 5.70. The van der Waals surface area contributed by atoms with Gasteiger partial charge in [-0.05, 0) is 13.8 Å². The zero-order valence-electron chi connectivity index (χ0n) is 12.3. The van der Waals surface area contributed by atoms with E-state index in [1.807, 2.05) is 13.8 Å². The predicted molar refractivity (Wildman–Crippen MR) is 76.0 cm³/mol. The van der Waals surface area contributed by atoms with E-state index in [1.54, 1.807) is 4.57 Å². The summed E-state index contributed by atoms with van der Waals surface area (Å²) in [6, 6.07) is 0. The Morgan fingerprint density at radius 2 is 2.18 bits per heavy atom. The minimum atomic E-state index is -0.607. The molecule has 3 atom stereocenters. The van der Waals surface area contributed by atoms with E-state index in [9.17, 15) is 4.79 Å². The van der Waals surface area contributed by atoms with Crippen molar-refractivity contribution in [3.63, 3.8) is 0 Å². The predicted octanol–water partition coefficient (Wildman–Crippen LogP) is 0.141. The molecule has 0 aliphatic carbocycles. The lowest BCUT2D eigenvalue weighted by molar-refractivity contribution is -0.146. The van der Waals surface area contributed by atoms with E-state index in [1.165, 1.54) is 6.33 Å². The van der Waals surface area contributed by atoms with E-state index >= 15 is 0 Å². The Morgan fingerprint density at radius 3 is 3.00 bits per heavy atom. The molecule has 2 aromatic heterocycles. The Bertz CT molecular complexity index is 782. The summed E-state index contributed by atoms with van der Waals surface area (Å²) in [5.74, 6) is -0.556. The number of nitrogen functional groups attached to an aromatic ring is 1. The fourth-order valence-corrected chi connectivity index (χ4v) is 3.07. The van der Waals surface area contributed by atoms with Gasteiger partial charge in [-0.15, -0.1) is 0 Å². The number of nitrogens with two attached hydrogens (primary N) is 1. The van der Waals surface area contributed by atoms with Gasteiger partial charge in [0.25, 0.3) is 5.56 Å². The maximum absolute atomic E-state index is 11.8. The maximum atomic E-state index is 11.8. The maximum Gasteiger partial charge on any atom is 0.280 e. The molecule has 3 unspecified atom stereocenters. The lowest BCUT2D eigenvalue weighted by Gasteiger charge is -2.30. The van der Waals surface area contributed by atoms with Gasteiger partial charge in [0.1, 0.15) is 12.3 Å². The number of fused-ring (bicyclic) bond motifs is 2. The van der Waals surface area contributed by atoms with Gasteiger partial charge < -0.3 is 19.9 Å². The SMILES string of the molecule is CC1(C)OC2COC(n3cnc4c(=O)[nH]c(N)nc43)CC2O1. The van der Waals surface area contributed by atoms with Crippen LogP contribution < -0.4 is 11.3 Å². The Labute approximate surface area is 125 Å². The number of H-pyrrole nitrogens is 1. The van der Waals surface area contributed by atoms with Crippen molar-refractivity contribution in [1.82, 2.24) is 19.5 Å². The van der Waals surface area contributed by atoms with Gasteiger partial charge in [0.15, 0.2) is 17.0 Å². The molecule has 9 heteroatoms. The van der Waals surface area contributed by atoms with Crippen molar-refractivity contribution in [2.75, 3.05) is 12.3 Å². The number of anilines is 1. The average molecular weight is 307 g/mol. The quantitative estimate of drug-likeness (QED) is 0.769. The summed E-state index contributed by atoms with van der Waals surface area (Å²) >= 11 is 0. The van der Waals surface area contributed by atoms with Gasteiger partial charge in [-0.2, -0.15) is 4.98 Å². The molecule has 22 heavy (non-hydrogen) atoms. The van der Waals surface area contributed by atoms with Gasteiger partial charge in [0.05, 0.1) is 19.0 Å². The second-order valence-corrected chi connectivity index (χ2v) is 6.01. The van der Waals surface area contributed by atoms with Gasteiger partial charge in [0, 0.05) is 6.42 Å². The lowest BCUT2D eigenvalue weighted by Crippen LogP contribution is -2.37. The van der Waals surface area contributed by atoms with Crippen molar-refractivity contribution in [3.8, 4) is 0 Å². The molecule has 0 aromatic carbocycles. The van der Waals surface area contributed by atoms with Crippen LogP contribution in [0.2, 0.25) is 0 Å². The number of imidazole rings is 1. The van der Waals surface area contributed by atoms with Gasteiger partial charge >= 0.3 is 0 Å². The number of nitrogens with zero attached hydrogens (tertiary/aromatic N) is 3. The fraction of sp³-hybridized carbons (Fsp3) is 0.615. The molecule has 4 heterocycles. The molecule has 0 spiro atoms. The number of hydrogen-bond donors (Lipinski definition) is 2. The van der Waals surface area contributed by atoms with E-state index in [-0.39, 0.29) is 35.5 Å². The Balaban J connectivity index is 1.68. The minimum Gasteiger partial charge on any atom is -0.369 e. The first kappa shape index (κ1) is 13.7. The van der Waals surface area contributed by atoms with Crippen molar-refractivity contribution in [3.05, 3.63) is 16.7 Å². The van der Waals surface area contributed by atoms with Gasteiger partial charge in [-0.1, -0.05) is 0 Å². The Hall–Kier alpha value is -1.97. The van der Waals surface area contributed by atoms with Crippen molar-refractivity contribution in [2.24, 2.45) is 0 Å². The third-order valence-corrected chi connectivity index (χ3v) is 3.93. The molecule has 2 fully saturated rings. The molecule has 2 aliphatic rings. The third kappa shape index (κ3) is 2.09. The van der Waals surface area contributed by atoms with E-state index in [0.717, 1.165) is 0 Å². The molecule has 2 aromatic rings. The topological polar surface area (TPSA) is 117 Å². The van der Waals surface area contributed by atoms with E-state index in [2.05, 4.69) is 15.0 Å². The standard InChI is InChI=1S/C13H17N5O4/c1-13(2)21-6-3-8(20-4-7(6)22-13)18-5-15-9-10(18)16-12(14)17-11(9)19/h5-8H,3-4H2,1-2H3,(H3,14,16,17,19). The van der Waals surface area contributed by atoms with Crippen LogP contribution in [-0.2, 0) is 14.2 Å². The number of nitrogens with one attached hydrogen (secondary N) is 1. The van der Waals surface area contributed by atoms with Crippen LogP contribution in [-0.4, -0.2) is 44.1 Å². The number of rotatable bonds is 1. The zero-order chi connectivity index (χ0) is 15.5. The van der Waals surface area contributed by atoms with Crippen molar-refractivity contribution >= 4 is 17.1 Å². The minimum absolute atomic E-state index is 0.0505. The molecule has 0 saturated carbocycles. The number of aromatic nitrogens is 4. The molecule has 0 amide bonds. The van der Waals surface area contributed by atoms with Crippen LogP contribution in [0.25, 0.3) is 11.2 Å². The molecule has 9 nitrogen and oxygen atoms in total. The summed E-state index contributed by atoms with van der Waals surface area (Å²) in [4.78, 5) is 22.5. The summed E-state index contributed by atoms with van der Waals surface area (Å²) in [7, 11) is 0. The van der Waals surface area contributed by atoms with Gasteiger partial charge in [-0.25, -0.2) is 4.98 Å². The molecule has 0 bridgehead atoms. The number of hydrogen-bond acceptors (Lipinski definition) is 7. The van der Waals surface area contributed by atoms with Crippen LogP contribution >= 0.6 is 0 Å². The van der Waals surface area contributed by atoms with Gasteiger partial charge in [-0.3, -0.25) is 14.3 Å². The van der Waals surface area contributed by atoms with Crippen LogP contribution in [0.3, 0.4) is 0 Å². The first-order valence-corrected chi connectivity index (χ1v) is 7.12. The Kier molecular flexibility index (Phi) is 2.80. The summed E-state index contributed by atoms with van der Waals surface area (Å²) in [6.45, 7) is 4.18. The monoisotopic (exact) mass is 307 g/mol. The first-order chi connectivity index (χ1) is 10.4. The van der Waals surface area contributed by atoms with Crippen LogP contribution in [0.5, 0.6) is 0 Å². The molecule has 2 saturated heterocycles. The van der Waals surface area contributed by atoms with E-state index in [0.29, 0.717) is 18.7 Å². The summed E-state index contributed by atoms with van der Waals surface area (Å²) < 4.78 is 19.2. The van der Waals surface area contributed by atoms with Gasteiger partial charge in [0.2, 0.25) is 5.95 Å². The van der Waals surface area contributed by atoms with Crippen molar-refractivity contribution in [2.45, 2.75) is 44.5 Å². The fourth-order valence-electron chi connectivity index (χ4n) is 3.07. The highest BCUT2D eigenvalue weighted by Crippen LogP contribution is 2.37. The molecule has 2 aliphatic heterocycles. The molecule has 118 valence electrons. The number of aromatic amines is 1. The van der Waals surface area contributed by atoms with Crippen molar-refractivity contribution < 1.29 is 14.2 Å². The molecule has 0 radical (unpaired) electrons. The normalized spacial score (nSPS) is 30.5. The zero-order valence-corrected chi connectivity index (χ0v) is 12.3. The summed E-state index contributed by atoms with van der Waals surface area (Å²) in [6.07, 6.45) is 1.66. The van der Waals surface area contributed by atoms with E-state index < -0.39 is 5.79 Å². The third-order valence-electron chi connectivity index (χ3n) is 3.93. The first-order valence-electron chi connectivity index (χ1n) is 7.12. The largest absolute Gasteiger partial charge is 0.369 e. The lowest BCUT2D eigenvalue weighted by atomic mass is 10.1. The summed E-state index contributed by atoms with van der Waals surface area (Å²) in [5, 5.41) is 0. The van der Waals surface area contributed by atoms with Crippen LogP contribution in [0.4, 0.5) is 5.95 Å². The van der Waals surface area contributed by atoms with E-state index in [4.69, 9.17) is 19.9 Å². The highest BCUT2D eigenvalue weighted by atomic mass is 16.8. The van der Waals surface area contributed by atoms with Crippen LogP contribution in [0, 0.1) is 0 Å². The van der Waals surface area contributed by atoms with Crippen LogP contribution in [0.1, 0.15) is 26.5 Å². The van der Waals surface area contributed by atoms with Crippen molar-refractivity contribution in [1.29, 1.82) is 0 Å². The molecule has 3 N–H and O–H groups in total. The molecular formula is C13H17N5O4. The average Bonchev–Trinajstić information content (AvgIpc) is 2.96. The molecule has 4 rings (SSSR count). The smallest absolute Gasteiger partial charge is 0.280 e. The highest BCUT2D eigenvalue weighted by Gasteiger charge is 2.45. The second kappa shape index (κ2) is 4.51. The number of ether oxygens (including phenoxy) is 3. The second-order valence-electron chi connectivity index (χ2n) is 6.01. The van der Waals surface area contributed by atoms with Crippen LogP contribution in [0.15, 0.2) is 11.1 Å².